The maximum atomic E-state index is 10.3. The van der Waals surface area contributed by atoms with Gasteiger partial charge >= 0.3 is 7.48 Å². The number of aliphatic hydroxyl groups is 1. The fraction of sp³-hybridized carbons (Fsp3) is 0.273. The van der Waals surface area contributed by atoms with E-state index < -0.39 is 11.2 Å². The summed E-state index contributed by atoms with van der Waals surface area (Å²) in [6, 6.07) is 17.1. The van der Waals surface area contributed by atoms with Gasteiger partial charge < -0.3 is 9.76 Å². The summed E-state index contributed by atoms with van der Waals surface area (Å²) < 4.78 is 8.47. The largest absolute Gasteiger partial charge is 0.427 e. The van der Waals surface area contributed by atoms with Crippen molar-refractivity contribution in [3.8, 4) is 0 Å². The third-order valence-electron chi connectivity index (χ3n) is 5.57. The van der Waals surface area contributed by atoms with Crippen LogP contribution < -0.4 is 5.46 Å². The number of thiophene rings is 1. The minimum Gasteiger partial charge on any atom is -0.427 e. The monoisotopic (exact) mass is 396 g/mol. The molecule has 0 saturated carbocycles. The van der Waals surface area contributed by atoms with Crippen molar-refractivity contribution in [3.63, 3.8) is 0 Å². The van der Waals surface area contributed by atoms with Crippen LogP contribution in [0.1, 0.15) is 27.7 Å². The molecular formula is C22H22BClO2S. The van der Waals surface area contributed by atoms with Crippen LogP contribution >= 0.6 is 22.9 Å². The second-order valence-electron chi connectivity index (χ2n) is 8.10. The van der Waals surface area contributed by atoms with Crippen LogP contribution in [0.15, 0.2) is 48.5 Å². The molecule has 27 heavy (non-hydrogen) atoms. The fourth-order valence-electron chi connectivity index (χ4n) is 3.07. The molecule has 0 unspecified atom stereocenters. The molecule has 0 saturated heterocycles. The lowest BCUT2D eigenvalue weighted by atomic mass is 9.82. The fourth-order valence-corrected chi connectivity index (χ4v) is 4.51. The van der Waals surface area contributed by atoms with Gasteiger partial charge in [-0.25, -0.2) is 0 Å². The molecule has 0 radical (unpaired) electrons. The lowest BCUT2D eigenvalue weighted by Crippen LogP contribution is -2.49. The van der Waals surface area contributed by atoms with Crippen LogP contribution in [0.5, 0.6) is 0 Å². The van der Waals surface area contributed by atoms with E-state index in [-0.39, 0.29) is 0 Å². The quantitative estimate of drug-likeness (QED) is 0.468. The number of halogens is 1. The highest BCUT2D eigenvalue weighted by molar-refractivity contribution is 7.26. The SMILES string of the molecule is CC(C)(O)C(C)(C)OBc1cc2c(cc1Cl)sc1cc3ccccc3cc12. The molecule has 5 heteroatoms. The Morgan fingerprint density at radius 3 is 2.19 bits per heavy atom. The van der Waals surface area contributed by atoms with E-state index in [1.54, 1.807) is 25.2 Å². The molecule has 1 N–H and O–H groups in total. The summed E-state index contributed by atoms with van der Waals surface area (Å²) in [7, 11) is 0.358. The minimum atomic E-state index is -0.947. The van der Waals surface area contributed by atoms with Gasteiger partial charge in [-0.1, -0.05) is 41.9 Å². The molecule has 0 fully saturated rings. The lowest BCUT2D eigenvalue weighted by molar-refractivity contribution is -0.0893. The van der Waals surface area contributed by atoms with E-state index >= 15 is 0 Å². The first-order valence-electron chi connectivity index (χ1n) is 9.05. The second-order valence-corrected chi connectivity index (χ2v) is 9.59. The van der Waals surface area contributed by atoms with E-state index in [2.05, 4.69) is 42.5 Å². The Bertz CT molecular complexity index is 1160. The molecule has 138 valence electrons. The Morgan fingerprint density at radius 2 is 1.52 bits per heavy atom. The summed E-state index contributed by atoms with van der Waals surface area (Å²) >= 11 is 8.30. The van der Waals surface area contributed by atoms with Crippen molar-refractivity contribution >= 4 is 66.8 Å². The van der Waals surface area contributed by atoms with Gasteiger partial charge in [0.1, 0.15) is 0 Å². The highest BCUT2D eigenvalue weighted by Crippen LogP contribution is 2.37. The summed E-state index contributed by atoms with van der Waals surface area (Å²) in [5, 5.41) is 15.9. The first-order chi connectivity index (χ1) is 12.7. The summed E-state index contributed by atoms with van der Waals surface area (Å²) in [5.74, 6) is 0. The van der Waals surface area contributed by atoms with Gasteiger partial charge in [-0.05, 0) is 67.5 Å². The topological polar surface area (TPSA) is 29.5 Å². The molecule has 0 amide bonds. The van der Waals surface area contributed by atoms with Gasteiger partial charge in [-0.2, -0.15) is 0 Å². The van der Waals surface area contributed by atoms with Crippen molar-refractivity contribution in [1.82, 2.24) is 0 Å². The maximum Gasteiger partial charge on any atom is 0.310 e. The molecule has 0 aliphatic rings. The van der Waals surface area contributed by atoms with Gasteiger partial charge in [0.15, 0.2) is 0 Å². The molecule has 0 bridgehead atoms. The third-order valence-corrected chi connectivity index (χ3v) is 7.04. The van der Waals surface area contributed by atoms with Gasteiger partial charge in [-0.3, -0.25) is 0 Å². The Balaban J connectivity index is 1.79. The van der Waals surface area contributed by atoms with Crippen molar-refractivity contribution in [2.24, 2.45) is 0 Å². The number of rotatable bonds is 4. The van der Waals surface area contributed by atoms with Gasteiger partial charge in [0.05, 0.1) is 11.2 Å². The average Bonchev–Trinajstić information content (AvgIpc) is 2.92. The Kier molecular flexibility index (Phi) is 4.51. The smallest absolute Gasteiger partial charge is 0.310 e. The molecule has 0 aliphatic heterocycles. The molecule has 4 aromatic rings. The van der Waals surface area contributed by atoms with Gasteiger partial charge in [0.2, 0.25) is 0 Å². The van der Waals surface area contributed by atoms with Crippen molar-refractivity contribution in [2.75, 3.05) is 0 Å². The van der Waals surface area contributed by atoms with E-state index in [0.29, 0.717) is 12.5 Å². The predicted octanol–water partition coefficient (Wildman–Crippen LogP) is 5.40. The zero-order valence-corrected chi connectivity index (χ0v) is 17.5. The van der Waals surface area contributed by atoms with Crippen LogP contribution in [0.4, 0.5) is 0 Å². The average molecular weight is 397 g/mol. The molecule has 3 aromatic carbocycles. The second kappa shape index (κ2) is 6.49. The number of benzene rings is 3. The third kappa shape index (κ3) is 3.36. The minimum absolute atomic E-state index is 0.358. The normalized spacial score (nSPS) is 13.0. The maximum absolute atomic E-state index is 10.3. The predicted molar refractivity (Wildman–Crippen MR) is 120 cm³/mol. The van der Waals surface area contributed by atoms with Crippen LogP contribution in [-0.4, -0.2) is 23.8 Å². The zero-order valence-electron chi connectivity index (χ0n) is 16.0. The van der Waals surface area contributed by atoms with E-state index in [0.717, 1.165) is 5.46 Å². The van der Waals surface area contributed by atoms with E-state index in [1.165, 1.54) is 30.9 Å². The molecule has 0 spiro atoms. The first kappa shape index (κ1) is 18.8. The van der Waals surface area contributed by atoms with E-state index in [1.807, 2.05) is 19.9 Å². The van der Waals surface area contributed by atoms with Crippen LogP contribution in [0.25, 0.3) is 30.9 Å². The molecule has 1 heterocycles. The molecule has 4 rings (SSSR count). The molecule has 0 atom stereocenters. The summed E-state index contributed by atoms with van der Waals surface area (Å²) in [6.45, 7) is 7.31. The number of hydrogen-bond acceptors (Lipinski definition) is 3. The number of hydrogen-bond donors (Lipinski definition) is 1. The van der Waals surface area contributed by atoms with Gasteiger partial charge in [0, 0.05) is 19.8 Å². The molecular weight excluding hydrogens is 375 g/mol. The standard InChI is InChI=1S/C22H22BClO2S/c1-21(2,25)22(3,4)26-23-17-11-16-15-9-13-7-5-6-8-14(13)10-19(15)27-20(16)12-18(17)24/h5-12,23,25H,1-4H3. The van der Waals surface area contributed by atoms with Crippen molar-refractivity contribution in [2.45, 2.75) is 38.9 Å². The van der Waals surface area contributed by atoms with Crippen LogP contribution in [0.2, 0.25) is 5.02 Å². The van der Waals surface area contributed by atoms with E-state index in [4.69, 9.17) is 16.3 Å². The van der Waals surface area contributed by atoms with Crippen LogP contribution in [0, 0.1) is 0 Å². The molecule has 1 aromatic heterocycles. The van der Waals surface area contributed by atoms with Gasteiger partial charge in [-0.15, -0.1) is 11.3 Å². The van der Waals surface area contributed by atoms with Gasteiger partial charge in [0.25, 0.3) is 0 Å². The highest BCUT2D eigenvalue weighted by Gasteiger charge is 2.35. The highest BCUT2D eigenvalue weighted by atomic mass is 35.5. The molecule has 2 nitrogen and oxygen atoms in total. The van der Waals surface area contributed by atoms with Crippen LogP contribution in [0.3, 0.4) is 0 Å². The summed E-state index contributed by atoms with van der Waals surface area (Å²) in [4.78, 5) is 0. The first-order valence-corrected chi connectivity index (χ1v) is 10.2. The Morgan fingerprint density at radius 1 is 0.926 bits per heavy atom. The lowest BCUT2D eigenvalue weighted by Gasteiger charge is -2.37. The van der Waals surface area contributed by atoms with Crippen molar-refractivity contribution in [1.29, 1.82) is 0 Å². The van der Waals surface area contributed by atoms with Crippen molar-refractivity contribution in [3.05, 3.63) is 53.6 Å². The zero-order chi connectivity index (χ0) is 19.4. The van der Waals surface area contributed by atoms with E-state index in [9.17, 15) is 5.11 Å². The Labute approximate surface area is 169 Å². The van der Waals surface area contributed by atoms with Crippen molar-refractivity contribution < 1.29 is 9.76 Å². The molecule has 0 aliphatic carbocycles. The summed E-state index contributed by atoms with van der Waals surface area (Å²) in [5.41, 5.74) is -0.690. The summed E-state index contributed by atoms with van der Waals surface area (Å²) in [6.07, 6.45) is 0. The number of fused-ring (bicyclic) bond motifs is 4. The Hall–Kier alpha value is -1.59. The van der Waals surface area contributed by atoms with Crippen LogP contribution in [-0.2, 0) is 4.65 Å².